The Kier molecular flexibility index (Phi) is 4.80. The van der Waals surface area contributed by atoms with Gasteiger partial charge in [-0.2, -0.15) is 0 Å². The number of rotatable bonds is 5. The Hall–Kier alpha value is -1.55. The van der Waals surface area contributed by atoms with E-state index in [0.717, 1.165) is 5.56 Å². The van der Waals surface area contributed by atoms with Gasteiger partial charge in [-0.1, -0.05) is 36.8 Å². The Morgan fingerprint density at radius 1 is 1.42 bits per heavy atom. The van der Waals surface area contributed by atoms with Crippen LogP contribution in [0.1, 0.15) is 30.9 Å². The molecular formula is C15H22N2O2. The third-order valence-electron chi connectivity index (χ3n) is 3.84. The first-order chi connectivity index (χ1) is 9.22. The maximum Gasteiger partial charge on any atom is 0.317 e. The molecule has 1 fully saturated rings. The van der Waals surface area contributed by atoms with Gasteiger partial charge in [-0.05, 0) is 24.3 Å². The lowest BCUT2D eigenvalue weighted by molar-refractivity contribution is 0.172. The summed E-state index contributed by atoms with van der Waals surface area (Å²) in [7, 11) is 1.70. The van der Waals surface area contributed by atoms with Crippen molar-refractivity contribution in [1.82, 2.24) is 10.2 Å². The molecule has 0 heterocycles. The van der Waals surface area contributed by atoms with Crippen LogP contribution < -0.4 is 5.32 Å². The number of nitrogens with zero attached hydrogens (tertiary/aromatic N) is 1. The molecule has 1 aliphatic rings. The lowest BCUT2D eigenvalue weighted by Crippen LogP contribution is -2.43. The van der Waals surface area contributed by atoms with Crippen LogP contribution in [0.5, 0.6) is 0 Å². The Balaban J connectivity index is 2.04. The van der Waals surface area contributed by atoms with Crippen molar-refractivity contribution in [2.45, 2.75) is 25.3 Å². The van der Waals surface area contributed by atoms with Crippen LogP contribution in [-0.2, 0) is 0 Å². The second-order valence-electron chi connectivity index (χ2n) is 5.17. The zero-order chi connectivity index (χ0) is 13.7. The van der Waals surface area contributed by atoms with Gasteiger partial charge >= 0.3 is 6.03 Å². The van der Waals surface area contributed by atoms with E-state index in [-0.39, 0.29) is 18.7 Å². The van der Waals surface area contributed by atoms with E-state index in [1.807, 2.05) is 18.2 Å². The first kappa shape index (κ1) is 13.9. The Morgan fingerprint density at radius 2 is 2.11 bits per heavy atom. The standard InChI is InChI=1S/C15H22N2O2/c1-17(10-11-18)15(19)16-14(13-8-5-9-13)12-6-3-2-4-7-12/h2-4,6-7,13-14,18H,5,8-11H2,1H3,(H,16,19). The highest BCUT2D eigenvalue weighted by molar-refractivity contribution is 5.74. The molecular weight excluding hydrogens is 240 g/mol. The molecule has 2 rings (SSSR count). The number of carbonyl (C=O) groups is 1. The van der Waals surface area contributed by atoms with Gasteiger partial charge in [-0.3, -0.25) is 0 Å². The van der Waals surface area contributed by atoms with Gasteiger partial charge in [0.15, 0.2) is 0 Å². The molecule has 0 bridgehead atoms. The molecule has 1 atom stereocenters. The van der Waals surface area contributed by atoms with Gasteiger partial charge in [0, 0.05) is 13.6 Å². The van der Waals surface area contributed by atoms with Crippen LogP contribution in [0.15, 0.2) is 30.3 Å². The van der Waals surface area contributed by atoms with Crippen LogP contribution in [-0.4, -0.2) is 36.2 Å². The molecule has 0 aromatic heterocycles. The van der Waals surface area contributed by atoms with Crippen LogP contribution in [0.2, 0.25) is 0 Å². The molecule has 0 spiro atoms. The molecule has 1 aromatic carbocycles. The summed E-state index contributed by atoms with van der Waals surface area (Å²) >= 11 is 0. The molecule has 1 saturated carbocycles. The van der Waals surface area contributed by atoms with Crippen LogP contribution in [0.4, 0.5) is 4.79 Å². The minimum absolute atomic E-state index is 0.0106. The number of benzene rings is 1. The number of hydrogen-bond donors (Lipinski definition) is 2. The largest absolute Gasteiger partial charge is 0.395 e. The summed E-state index contributed by atoms with van der Waals surface area (Å²) in [5.74, 6) is 0.536. The number of carbonyl (C=O) groups excluding carboxylic acids is 1. The molecule has 1 aromatic rings. The predicted molar refractivity (Wildman–Crippen MR) is 74.8 cm³/mol. The molecule has 2 N–H and O–H groups in total. The summed E-state index contributed by atoms with van der Waals surface area (Å²) in [6.45, 7) is 0.349. The summed E-state index contributed by atoms with van der Waals surface area (Å²) in [5.41, 5.74) is 1.16. The number of hydrogen-bond acceptors (Lipinski definition) is 2. The van der Waals surface area contributed by atoms with Gasteiger partial charge in [0.25, 0.3) is 0 Å². The first-order valence-corrected chi connectivity index (χ1v) is 6.90. The second-order valence-corrected chi connectivity index (χ2v) is 5.17. The maximum absolute atomic E-state index is 12.1. The monoisotopic (exact) mass is 262 g/mol. The number of amides is 2. The molecule has 0 radical (unpaired) electrons. The van der Waals surface area contributed by atoms with E-state index in [1.165, 1.54) is 24.2 Å². The Labute approximate surface area is 114 Å². The van der Waals surface area contributed by atoms with Crippen molar-refractivity contribution >= 4 is 6.03 Å². The van der Waals surface area contributed by atoms with Crippen molar-refractivity contribution in [2.75, 3.05) is 20.2 Å². The Morgan fingerprint density at radius 3 is 2.63 bits per heavy atom. The maximum atomic E-state index is 12.1. The normalized spacial score (nSPS) is 16.5. The van der Waals surface area contributed by atoms with Gasteiger partial charge in [-0.25, -0.2) is 4.79 Å². The third-order valence-corrected chi connectivity index (χ3v) is 3.84. The predicted octanol–water partition coefficient (Wildman–Crippen LogP) is 2.16. The molecule has 0 aliphatic heterocycles. The molecule has 4 heteroatoms. The van der Waals surface area contributed by atoms with Crippen molar-refractivity contribution in [3.05, 3.63) is 35.9 Å². The zero-order valence-corrected chi connectivity index (χ0v) is 11.4. The number of aliphatic hydroxyl groups excluding tert-OH is 1. The summed E-state index contributed by atoms with van der Waals surface area (Å²) in [4.78, 5) is 13.6. The highest BCUT2D eigenvalue weighted by atomic mass is 16.3. The molecule has 19 heavy (non-hydrogen) atoms. The topological polar surface area (TPSA) is 52.6 Å². The fraction of sp³-hybridized carbons (Fsp3) is 0.533. The van der Waals surface area contributed by atoms with Crippen molar-refractivity contribution in [2.24, 2.45) is 5.92 Å². The van der Waals surface area contributed by atoms with Gasteiger partial charge in [0.1, 0.15) is 0 Å². The SMILES string of the molecule is CN(CCO)C(=O)NC(c1ccccc1)C1CCC1. The van der Waals surface area contributed by atoms with Crippen molar-refractivity contribution in [3.8, 4) is 0 Å². The molecule has 2 amide bonds. The number of likely N-dealkylation sites (N-methyl/N-ethyl adjacent to an activating group) is 1. The van der Waals surface area contributed by atoms with Gasteiger partial charge in [0.05, 0.1) is 12.6 Å². The smallest absolute Gasteiger partial charge is 0.317 e. The van der Waals surface area contributed by atoms with E-state index in [2.05, 4.69) is 17.4 Å². The quantitative estimate of drug-likeness (QED) is 0.854. The number of urea groups is 1. The fourth-order valence-corrected chi connectivity index (χ4v) is 2.40. The van der Waals surface area contributed by atoms with Gasteiger partial charge < -0.3 is 15.3 Å². The highest BCUT2D eigenvalue weighted by Crippen LogP contribution is 2.37. The van der Waals surface area contributed by atoms with E-state index in [4.69, 9.17) is 5.11 Å². The molecule has 104 valence electrons. The van der Waals surface area contributed by atoms with Crippen LogP contribution >= 0.6 is 0 Å². The molecule has 4 nitrogen and oxygen atoms in total. The van der Waals surface area contributed by atoms with Crippen molar-refractivity contribution in [1.29, 1.82) is 0 Å². The van der Waals surface area contributed by atoms with E-state index >= 15 is 0 Å². The average Bonchev–Trinajstić information content (AvgIpc) is 2.37. The summed E-state index contributed by atoms with van der Waals surface area (Å²) in [6.07, 6.45) is 3.59. The summed E-state index contributed by atoms with van der Waals surface area (Å²) in [6, 6.07) is 10.1. The zero-order valence-electron chi connectivity index (χ0n) is 11.4. The van der Waals surface area contributed by atoms with Crippen LogP contribution in [0, 0.1) is 5.92 Å². The van der Waals surface area contributed by atoms with Gasteiger partial charge in [-0.15, -0.1) is 0 Å². The third kappa shape index (κ3) is 3.47. The molecule has 1 unspecified atom stereocenters. The minimum atomic E-state index is -0.116. The van der Waals surface area contributed by atoms with Crippen molar-refractivity contribution < 1.29 is 9.90 Å². The molecule has 0 saturated heterocycles. The highest BCUT2D eigenvalue weighted by Gasteiger charge is 2.30. The first-order valence-electron chi connectivity index (χ1n) is 6.90. The minimum Gasteiger partial charge on any atom is -0.395 e. The summed E-state index contributed by atoms with van der Waals surface area (Å²) in [5, 5.41) is 12.0. The average molecular weight is 262 g/mol. The van der Waals surface area contributed by atoms with Crippen LogP contribution in [0.3, 0.4) is 0 Å². The van der Waals surface area contributed by atoms with E-state index in [1.54, 1.807) is 7.05 Å². The Bertz CT molecular complexity index is 404. The number of nitrogens with one attached hydrogen (secondary N) is 1. The second kappa shape index (κ2) is 6.57. The lowest BCUT2D eigenvalue weighted by Gasteiger charge is -2.35. The molecule has 1 aliphatic carbocycles. The van der Waals surface area contributed by atoms with E-state index < -0.39 is 0 Å². The van der Waals surface area contributed by atoms with Crippen LogP contribution in [0.25, 0.3) is 0 Å². The fourth-order valence-electron chi connectivity index (χ4n) is 2.40. The van der Waals surface area contributed by atoms with Gasteiger partial charge in [0.2, 0.25) is 0 Å². The number of aliphatic hydroxyl groups is 1. The van der Waals surface area contributed by atoms with E-state index in [0.29, 0.717) is 12.5 Å². The summed E-state index contributed by atoms with van der Waals surface area (Å²) < 4.78 is 0. The lowest BCUT2D eigenvalue weighted by atomic mass is 9.77. The van der Waals surface area contributed by atoms with E-state index in [9.17, 15) is 4.79 Å². The van der Waals surface area contributed by atoms with Crippen molar-refractivity contribution in [3.63, 3.8) is 0 Å².